The Labute approximate surface area is 205 Å². The maximum Gasteiger partial charge on any atom is 0.332 e. The van der Waals surface area contributed by atoms with Gasteiger partial charge in [-0.05, 0) is 63.1 Å². The van der Waals surface area contributed by atoms with Crippen LogP contribution in [0.1, 0.15) is 38.2 Å². The zero-order chi connectivity index (χ0) is 25.2. The van der Waals surface area contributed by atoms with Crippen LogP contribution in [0.4, 0.5) is 16.2 Å². The number of imide groups is 1. The molecular weight excluding hydrogens is 468 g/mol. The van der Waals surface area contributed by atoms with Crippen LogP contribution in [-0.2, 0) is 19.6 Å². The van der Waals surface area contributed by atoms with Gasteiger partial charge in [0, 0.05) is 24.5 Å². The summed E-state index contributed by atoms with van der Waals surface area (Å²) in [6, 6.07) is 11.9. The zero-order valence-corrected chi connectivity index (χ0v) is 20.8. The normalized spacial score (nSPS) is 19.7. The molecule has 4 rings (SSSR count). The van der Waals surface area contributed by atoms with Crippen molar-refractivity contribution in [1.82, 2.24) is 9.21 Å². The molecule has 2 aromatic rings. The standard InChI is InChI=1S/C25H30N4O5S/c1-18-7-11-21(12-8-18)29-19(2)24(31)28(25(29)32)17-23(30)26-20-9-13-22(14-10-20)35(33,34)27-15-5-3-4-6-16-27/h7-14,19H,3-6,15-17H2,1-2H3,(H,26,30). The lowest BCUT2D eigenvalue weighted by Crippen LogP contribution is -2.39. The van der Waals surface area contributed by atoms with Crippen molar-refractivity contribution in [3.8, 4) is 0 Å². The third-order valence-electron chi connectivity index (χ3n) is 6.40. The Kier molecular flexibility index (Phi) is 7.23. The second kappa shape index (κ2) is 10.2. The lowest BCUT2D eigenvalue weighted by Gasteiger charge is -2.20. The van der Waals surface area contributed by atoms with Crippen molar-refractivity contribution in [3.63, 3.8) is 0 Å². The van der Waals surface area contributed by atoms with Crippen LogP contribution in [0.2, 0.25) is 0 Å². The third-order valence-corrected chi connectivity index (χ3v) is 8.32. The Morgan fingerprint density at radius 2 is 1.54 bits per heavy atom. The first kappa shape index (κ1) is 24.9. The van der Waals surface area contributed by atoms with E-state index in [4.69, 9.17) is 0 Å². The van der Waals surface area contributed by atoms with E-state index in [1.54, 1.807) is 19.1 Å². The van der Waals surface area contributed by atoms with Crippen LogP contribution >= 0.6 is 0 Å². The molecule has 2 heterocycles. The molecule has 0 aromatic heterocycles. The summed E-state index contributed by atoms with van der Waals surface area (Å²) < 4.78 is 27.4. The third kappa shape index (κ3) is 5.23. The number of hydrogen-bond acceptors (Lipinski definition) is 5. The summed E-state index contributed by atoms with van der Waals surface area (Å²) in [5.74, 6) is -1.00. The average Bonchev–Trinajstić information content (AvgIpc) is 3.04. The Morgan fingerprint density at radius 1 is 0.943 bits per heavy atom. The van der Waals surface area contributed by atoms with E-state index in [2.05, 4.69) is 5.32 Å². The Hall–Kier alpha value is -3.24. The van der Waals surface area contributed by atoms with E-state index >= 15 is 0 Å². The molecule has 0 saturated carbocycles. The molecule has 1 unspecified atom stereocenters. The maximum atomic E-state index is 12.9. The summed E-state index contributed by atoms with van der Waals surface area (Å²) in [5, 5.41) is 2.64. The maximum absolute atomic E-state index is 12.9. The molecule has 10 heteroatoms. The monoisotopic (exact) mass is 498 g/mol. The summed E-state index contributed by atoms with van der Waals surface area (Å²) in [6.07, 6.45) is 3.75. The minimum Gasteiger partial charge on any atom is -0.325 e. The number of rotatable bonds is 6. The number of hydrogen-bond donors (Lipinski definition) is 1. The molecule has 0 aliphatic carbocycles. The van der Waals surface area contributed by atoms with E-state index < -0.39 is 40.5 Å². The molecule has 2 aliphatic rings. The predicted octanol–water partition coefficient (Wildman–Crippen LogP) is 3.36. The molecule has 0 radical (unpaired) electrons. The Morgan fingerprint density at radius 3 is 2.14 bits per heavy atom. The fourth-order valence-electron chi connectivity index (χ4n) is 4.40. The van der Waals surface area contributed by atoms with E-state index in [-0.39, 0.29) is 4.90 Å². The number of carbonyl (C=O) groups is 3. The van der Waals surface area contributed by atoms with Gasteiger partial charge in [-0.25, -0.2) is 13.2 Å². The molecule has 0 spiro atoms. The number of carbonyl (C=O) groups excluding carboxylic acids is 3. The quantitative estimate of drug-likeness (QED) is 0.615. The first-order valence-electron chi connectivity index (χ1n) is 11.8. The Bertz CT molecular complexity index is 1200. The molecule has 4 amide bonds. The Balaban J connectivity index is 1.40. The van der Waals surface area contributed by atoms with E-state index in [9.17, 15) is 22.8 Å². The SMILES string of the molecule is Cc1ccc(N2C(=O)N(CC(=O)Nc3ccc(S(=O)(=O)N4CCCCCC4)cc3)C(=O)C2C)cc1. The van der Waals surface area contributed by atoms with E-state index in [0.717, 1.165) is 36.1 Å². The molecule has 1 atom stereocenters. The molecule has 2 saturated heterocycles. The molecule has 9 nitrogen and oxygen atoms in total. The largest absolute Gasteiger partial charge is 0.332 e. The highest BCUT2D eigenvalue weighted by molar-refractivity contribution is 7.89. The molecule has 2 aromatic carbocycles. The van der Waals surface area contributed by atoms with Gasteiger partial charge in [-0.3, -0.25) is 19.4 Å². The minimum atomic E-state index is -3.59. The van der Waals surface area contributed by atoms with Crippen molar-refractivity contribution < 1.29 is 22.8 Å². The van der Waals surface area contributed by atoms with Crippen LogP contribution in [0, 0.1) is 6.92 Å². The topological polar surface area (TPSA) is 107 Å². The molecule has 1 N–H and O–H groups in total. The van der Waals surface area contributed by atoms with Gasteiger partial charge in [-0.15, -0.1) is 0 Å². The summed E-state index contributed by atoms with van der Waals surface area (Å²) in [4.78, 5) is 40.7. The van der Waals surface area contributed by atoms with Crippen molar-refractivity contribution in [2.24, 2.45) is 0 Å². The predicted molar refractivity (Wildman–Crippen MR) is 133 cm³/mol. The number of sulfonamides is 1. The van der Waals surface area contributed by atoms with Crippen LogP contribution in [0.3, 0.4) is 0 Å². The van der Waals surface area contributed by atoms with Crippen molar-refractivity contribution in [3.05, 3.63) is 54.1 Å². The average molecular weight is 499 g/mol. The van der Waals surface area contributed by atoms with Gasteiger partial charge in [0.15, 0.2) is 0 Å². The number of nitrogens with zero attached hydrogens (tertiary/aromatic N) is 3. The fourth-order valence-corrected chi connectivity index (χ4v) is 5.91. The van der Waals surface area contributed by atoms with Crippen molar-refractivity contribution in [2.75, 3.05) is 29.9 Å². The van der Waals surface area contributed by atoms with Gasteiger partial charge in [-0.1, -0.05) is 30.5 Å². The molecule has 2 fully saturated rings. The van der Waals surface area contributed by atoms with Gasteiger partial charge in [0.2, 0.25) is 15.9 Å². The number of anilines is 2. The van der Waals surface area contributed by atoms with Crippen LogP contribution in [-0.4, -0.2) is 61.1 Å². The van der Waals surface area contributed by atoms with Crippen LogP contribution in [0.5, 0.6) is 0 Å². The molecule has 2 aliphatic heterocycles. The van der Waals surface area contributed by atoms with Gasteiger partial charge in [0.25, 0.3) is 5.91 Å². The smallest absolute Gasteiger partial charge is 0.325 e. The number of amides is 4. The van der Waals surface area contributed by atoms with Gasteiger partial charge in [0.05, 0.1) is 4.90 Å². The first-order chi connectivity index (χ1) is 16.7. The lowest BCUT2D eigenvalue weighted by atomic mass is 10.2. The van der Waals surface area contributed by atoms with Crippen molar-refractivity contribution in [1.29, 1.82) is 0 Å². The van der Waals surface area contributed by atoms with Crippen LogP contribution in [0.25, 0.3) is 0 Å². The second-order valence-electron chi connectivity index (χ2n) is 8.98. The van der Waals surface area contributed by atoms with Crippen LogP contribution in [0.15, 0.2) is 53.4 Å². The number of nitrogens with one attached hydrogen (secondary N) is 1. The number of benzene rings is 2. The van der Waals surface area contributed by atoms with Crippen LogP contribution < -0.4 is 10.2 Å². The van der Waals surface area contributed by atoms with E-state index in [1.807, 2.05) is 19.1 Å². The fraction of sp³-hybridized carbons (Fsp3) is 0.400. The second-order valence-corrected chi connectivity index (χ2v) is 10.9. The lowest BCUT2D eigenvalue weighted by molar-refractivity contribution is -0.130. The highest BCUT2D eigenvalue weighted by Crippen LogP contribution is 2.26. The van der Waals surface area contributed by atoms with Crippen molar-refractivity contribution in [2.45, 2.75) is 50.5 Å². The number of urea groups is 1. The summed E-state index contributed by atoms with van der Waals surface area (Å²) in [6.45, 7) is 4.14. The summed E-state index contributed by atoms with van der Waals surface area (Å²) >= 11 is 0. The van der Waals surface area contributed by atoms with Gasteiger partial charge in [0.1, 0.15) is 12.6 Å². The van der Waals surface area contributed by atoms with Crippen molar-refractivity contribution >= 4 is 39.2 Å². The zero-order valence-electron chi connectivity index (χ0n) is 19.9. The van der Waals surface area contributed by atoms with Gasteiger partial charge in [-0.2, -0.15) is 4.31 Å². The number of aryl methyl sites for hydroxylation is 1. The van der Waals surface area contributed by atoms with Gasteiger partial charge >= 0.3 is 6.03 Å². The van der Waals surface area contributed by atoms with E-state index in [0.29, 0.717) is 24.5 Å². The van der Waals surface area contributed by atoms with Gasteiger partial charge < -0.3 is 5.32 Å². The highest BCUT2D eigenvalue weighted by atomic mass is 32.2. The molecule has 0 bridgehead atoms. The minimum absolute atomic E-state index is 0.171. The molecule has 35 heavy (non-hydrogen) atoms. The summed E-state index contributed by atoms with van der Waals surface area (Å²) in [5.41, 5.74) is 2.00. The first-order valence-corrected chi connectivity index (χ1v) is 13.2. The molecule has 186 valence electrons. The highest BCUT2D eigenvalue weighted by Gasteiger charge is 2.44. The summed E-state index contributed by atoms with van der Waals surface area (Å²) in [7, 11) is -3.59. The van der Waals surface area contributed by atoms with E-state index in [1.165, 1.54) is 33.5 Å². The molecular formula is C25H30N4O5S.